The lowest BCUT2D eigenvalue weighted by Crippen LogP contribution is -2.14. The lowest BCUT2D eigenvalue weighted by atomic mass is 10.1. The fraction of sp³-hybridized carbons (Fsp3) is 0.160. The number of nitrogens with zero attached hydrogens (tertiary/aromatic N) is 3. The van der Waals surface area contributed by atoms with E-state index in [4.69, 9.17) is 16.3 Å². The van der Waals surface area contributed by atoms with Gasteiger partial charge < -0.3 is 10.1 Å². The fourth-order valence-corrected chi connectivity index (χ4v) is 3.53. The van der Waals surface area contributed by atoms with Gasteiger partial charge >= 0.3 is 0 Å². The zero-order chi connectivity index (χ0) is 22.7. The van der Waals surface area contributed by atoms with E-state index in [9.17, 15) is 4.79 Å². The van der Waals surface area contributed by atoms with Crippen molar-refractivity contribution in [2.75, 3.05) is 11.9 Å². The second-order valence-electron chi connectivity index (χ2n) is 7.34. The first-order valence-corrected chi connectivity index (χ1v) is 10.7. The SMILES string of the molecule is CCOc1ccc(NC(=O)c2nc(-c3cccc(C)c3)n(-c3cccc(Cl)c3C)n2)cc1. The summed E-state index contributed by atoms with van der Waals surface area (Å²) in [4.78, 5) is 17.5. The third-order valence-electron chi connectivity index (χ3n) is 4.98. The zero-order valence-corrected chi connectivity index (χ0v) is 18.8. The number of rotatable bonds is 6. The Morgan fingerprint density at radius 1 is 1.06 bits per heavy atom. The van der Waals surface area contributed by atoms with Gasteiger partial charge in [0.2, 0.25) is 5.82 Å². The summed E-state index contributed by atoms with van der Waals surface area (Å²) >= 11 is 6.35. The van der Waals surface area contributed by atoms with Crippen LogP contribution in [0.5, 0.6) is 5.75 Å². The van der Waals surface area contributed by atoms with Gasteiger partial charge in [-0.3, -0.25) is 4.79 Å². The quantitative estimate of drug-likeness (QED) is 0.403. The summed E-state index contributed by atoms with van der Waals surface area (Å²) in [6, 6.07) is 20.7. The number of hydrogen-bond acceptors (Lipinski definition) is 4. The maximum atomic E-state index is 13.0. The van der Waals surface area contributed by atoms with Crippen molar-refractivity contribution in [2.45, 2.75) is 20.8 Å². The standard InChI is InChI=1S/C25H23ClN4O2/c1-4-32-20-13-11-19(12-14-20)27-25(31)23-28-24(18-8-5-7-16(2)15-18)30(29-23)22-10-6-9-21(26)17(22)3/h5-15H,4H2,1-3H3,(H,27,31). The Hall–Kier alpha value is -3.64. The molecule has 0 aliphatic carbocycles. The van der Waals surface area contributed by atoms with Gasteiger partial charge in [0.1, 0.15) is 5.75 Å². The summed E-state index contributed by atoms with van der Waals surface area (Å²) in [7, 11) is 0. The Kier molecular flexibility index (Phi) is 6.23. The van der Waals surface area contributed by atoms with Gasteiger partial charge in [-0.25, -0.2) is 9.67 Å². The van der Waals surface area contributed by atoms with Crippen LogP contribution in [-0.2, 0) is 0 Å². The van der Waals surface area contributed by atoms with Gasteiger partial charge in [-0.15, -0.1) is 5.10 Å². The van der Waals surface area contributed by atoms with E-state index in [2.05, 4.69) is 15.4 Å². The molecule has 3 aromatic carbocycles. The van der Waals surface area contributed by atoms with Crippen molar-refractivity contribution in [3.8, 4) is 22.8 Å². The molecule has 32 heavy (non-hydrogen) atoms. The first-order chi connectivity index (χ1) is 15.5. The molecule has 0 fully saturated rings. The fourth-order valence-electron chi connectivity index (χ4n) is 3.36. The minimum Gasteiger partial charge on any atom is -0.494 e. The van der Waals surface area contributed by atoms with E-state index >= 15 is 0 Å². The molecule has 1 heterocycles. The van der Waals surface area contributed by atoms with Crippen molar-refractivity contribution in [1.82, 2.24) is 14.8 Å². The molecule has 0 radical (unpaired) electrons. The van der Waals surface area contributed by atoms with E-state index in [1.165, 1.54) is 0 Å². The molecule has 7 heteroatoms. The number of benzene rings is 3. The monoisotopic (exact) mass is 446 g/mol. The molecule has 1 amide bonds. The van der Waals surface area contributed by atoms with Gasteiger partial charge in [-0.2, -0.15) is 0 Å². The largest absolute Gasteiger partial charge is 0.494 e. The minimum atomic E-state index is -0.401. The Bertz CT molecular complexity index is 1270. The molecule has 4 aromatic rings. The van der Waals surface area contributed by atoms with Gasteiger partial charge in [-0.05, 0) is 68.8 Å². The van der Waals surface area contributed by atoms with Crippen LogP contribution in [0.25, 0.3) is 17.1 Å². The molecule has 0 saturated carbocycles. The number of anilines is 1. The molecule has 162 valence electrons. The van der Waals surface area contributed by atoms with Crippen molar-refractivity contribution in [2.24, 2.45) is 0 Å². The van der Waals surface area contributed by atoms with E-state index in [0.717, 1.165) is 28.1 Å². The number of aryl methyl sites for hydroxylation is 1. The highest BCUT2D eigenvalue weighted by atomic mass is 35.5. The summed E-state index contributed by atoms with van der Waals surface area (Å²) in [6.45, 7) is 6.43. The third kappa shape index (κ3) is 4.50. The molecule has 0 unspecified atom stereocenters. The van der Waals surface area contributed by atoms with Crippen LogP contribution in [0.1, 0.15) is 28.7 Å². The Morgan fingerprint density at radius 3 is 2.53 bits per heavy atom. The highest BCUT2D eigenvalue weighted by Gasteiger charge is 2.20. The molecular formula is C25H23ClN4O2. The Labute approximate surface area is 191 Å². The lowest BCUT2D eigenvalue weighted by molar-refractivity contribution is 0.101. The van der Waals surface area contributed by atoms with Gasteiger partial charge in [0, 0.05) is 16.3 Å². The van der Waals surface area contributed by atoms with Crippen LogP contribution < -0.4 is 10.1 Å². The van der Waals surface area contributed by atoms with Gasteiger partial charge in [0.05, 0.1) is 12.3 Å². The molecule has 0 saturated heterocycles. The van der Waals surface area contributed by atoms with Crippen LogP contribution in [0.3, 0.4) is 0 Å². The van der Waals surface area contributed by atoms with Gasteiger partial charge in [0.15, 0.2) is 5.82 Å². The molecule has 1 aromatic heterocycles. The average molecular weight is 447 g/mol. The first kappa shape index (κ1) is 21.6. The first-order valence-electron chi connectivity index (χ1n) is 10.3. The molecule has 0 bridgehead atoms. The van der Waals surface area contributed by atoms with Gasteiger partial charge in [0.25, 0.3) is 5.91 Å². The number of carbonyl (C=O) groups excluding carboxylic acids is 1. The summed E-state index contributed by atoms with van der Waals surface area (Å²) in [6.07, 6.45) is 0. The number of hydrogen-bond donors (Lipinski definition) is 1. The average Bonchev–Trinajstić information content (AvgIpc) is 3.23. The molecule has 0 atom stereocenters. The Balaban J connectivity index is 1.73. The second kappa shape index (κ2) is 9.24. The van der Waals surface area contributed by atoms with Crippen LogP contribution in [0.2, 0.25) is 5.02 Å². The summed E-state index contributed by atoms with van der Waals surface area (Å²) in [5, 5.41) is 8.01. The number of nitrogens with one attached hydrogen (secondary N) is 1. The second-order valence-corrected chi connectivity index (χ2v) is 7.74. The minimum absolute atomic E-state index is 0.0646. The van der Waals surface area contributed by atoms with E-state index < -0.39 is 5.91 Å². The predicted octanol–water partition coefficient (Wildman–Crippen LogP) is 5.86. The maximum absolute atomic E-state index is 13.0. The topological polar surface area (TPSA) is 69.0 Å². The van der Waals surface area contributed by atoms with Crippen LogP contribution in [-0.4, -0.2) is 27.3 Å². The summed E-state index contributed by atoms with van der Waals surface area (Å²) in [5.74, 6) is 0.971. The molecule has 0 spiro atoms. The number of ether oxygens (including phenoxy) is 1. The number of amides is 1. The number of carbonyl (C=O) groups is 1. The highest BCUT2D eigenvalue weighted by molar-refractivity contribution is 6.31. The van der Waals surface area contributed by atoms with Crippen molar-refractivity contribution in [1.29, 1.82) is 0 Å². The number of aromatic nitrogens is 3. The number of halogens is 1. The van der Waals surface area contributed by atoms with E-state index in [1.54, 1.807) is 28.9 Å². The molecule has 6 nitrogen and oxygen atoms in total. The zero-order valence-electron chi connectivity index (χ0n) is 18.1. The van der Waals surface area contributed by atoms with Crippen molar-refractivity contribution in [3.63, 3.8) is 0 Å². The maximum Gasteiger partial charge on any atom is 0.295 e. The smallest absolute Gasteiger partial charge is 0.295 e. The normalized spacial score (nSPS) is 10.8. The molecule has 0 aliphatic heterocycles. The molecule has 4 rings (SSSR count). The van der Waals surface area contributed by atoms with Crippen molar-refractivity contribution < 1.29 is 9.53 Å². The van der Waals surface area contributed by atoms with E-state index in [0.29, 0.717) is 23.1 Å². The third-order valence-corrected chi connectivity index (χ3v) is 5.39. The van der Waals surface area contributed by atoms with E-state index in [1.807, 2.05) is 63.2 Å². The van der Waals surface area contributed by atoms with E-state index in [-0.39, 0.29) is 5.82 Å². The molecule has 0 aliphatic rings. The van der Waals surface area contributed by atoms with Gasteiger partial charge in [-0.1, -0.05) is 41.4 Å². The lowest BCUT2D eigenvalue weighted by Gasteiger charge is -2.10. The molecular weight excluding hydrogens is 424 g/mol. The Morgan fingerprint density at radius 2 is 1.81 bits per heavy atom. The predicted molar refractivity (Wildman–Crippen MR) is 127 cm³/mol. The summed E-state index contributed by atoms with van der Waals surface area (Å²) < 4.78 is 7.12. The van der Waals surface area contributed by atoms with Crippen LogP contribution in [0, 0.1) is 13.8 Å². The van der Waals surface area contributed by atoms with Crippen molar-refractivity contribution in [3.05, 3.63) is 88.7 Å². The highest BCUT2D eigenvalue weighted by Crippen LogP contribution is 2.27. The van der Waals surface area contributed by atoms with Crippen LogP contribution >= 0.6 is 11.6 Å². The van der Waals surface area contributed by atoms with Crippen LogP contribution in [0.4, 0.5) is 5.69 Å². The molecule has 1 N–H and O–H groups in total. The van der Waals surface area contributed by atoms with Crippen LogP contribution in [0.15, 0.2) is 66.7 Å². The summed E-state index contributed by atoms with van der Waals surface area (Å²) in [5.41, 5.74) is 4.19. The van der Waals surface area contributed by atoms with Crippen molar-refractivity contribution >= 4 is 23.2 Å².